The Balaban J connectivity index is 1.48. The summed E-state index contributed by atoms with van der Waals surface area (Å²) in [5.41, 5.74) is 0. The van der Waals surface area contributed by atoms with Gasteiger partial charge in [0.15, 0.2) is 0 Å². The van der Waals surface area contributed by atoms with Gasteiger partial charge in [-0.3, -0.25) is 4.90 Å². The average Bonchev–Trinajstić information content (AvgIpc) is 2.83. The van der Waals surface area contributed by atoms with Gasteiger partial charge in [-0.1, -0.05) is 0 Å². The summed E-state index contributed by atoms with van der Waals surface area (Å²) in [4.78, 5) is 2.79. The van der Waals surface area contributed by atoms with E-state index < -0.39 is 0 Å². The maximum Gasteiger partial charge on any atom is 0.0495 e. The minimum absolute atomic E-state index is 0.829. The molecule has 0 radical (unpaired) electrons. The fourth-order valence-electron chi connectivity index (χ4n) is 3.13. The van der Waals surface area contributed by atoms with Gasteiger partial charge in [-0.15, -0.1) is 0 Å². The van der Waals surface area contributed by atoms with Crippen molar-refractivity contribution in [2.24, 2.45) is 5.92 Å². The van der Waals surface area contributed by atoms with Crippen LogP contribution < -0.4 is 5.32 Å². The molecule has 0 aromatic rings. The summed E-state index contributed by atoms with van der Waals surface area (Å²) >= 11 is 0. The maximum absolute atomic E-state index is 5.46. The molecule has 3 nitrogen and oxygen atoms in total. The fourth-order valence-corrected chi connectivity index (χ4v) is 3.13. The van der Waals surface area contributed by atoms with Crippen molar-refractivity contribution in [2.45, 2.75) is 44.2 Å². The summed E-state index contributed by atoms with van der Waals surface area (Å²) in [7, 11) is 0. The highest BCUT2D eigenvalue weighted by Gasteiger charge is 2.35. The maximum atomic E-state index is 5.46. The molecule has 2 aliphatic heterocycles. The first-order valence-electron chi connectivity index (χ1n) is 6.97. The van der Waals surface area contributed by atoms with E-state index in [4.69, 9.17) is 4.74 Å². The van der Waals surface area contributed by atoms with E-state index in [0.29, 0.717) is 0 Å². The lowest BCUT2D eigenvalue weighted by atomic mass is 10.0. The molecule has 3 heteroatoms. The molecule has 92 valence electrons. The lowest BCUT2D eigenvalue weighted by molar-refractivity contribution is 0.162. The minimum atomic E-state index is 0.829. The van der Waals surface area contributed by atoms with Crippen molar-refractivity contribution in [1.29, 1.82) is 0 Å². The van der Waals surface area contributed by atoms with Crippen molar-refractivity contribution >= 4 is 0 Å². The molecule has 2 unspecified atom stereocenters. The number of hydrogen-bond acceptors (Lipinski definition) is 3. The third-order valence-corrected chi connectivity index (χ3v) is 4.34. The highest BCUT2D eigenvalue weighted by Crippen LogP contribution is 2.31. The van der Waals surface area contributed by atoms with E-state index in [-0.39, 0.29) is 0 Å². The van der Waals surface area contributed by atoms with E-state index in [1.807, 2.05) is 0 Å². The van der Waals surface area contributed by atoms with Crippen LogP contribution in [0.2, 0.25) is 0 Å². The first kappa shape index (κ1) is 11.0. The molecule has 16 heavy (non-hydrogen) atoms. The molecule has 0 amide bonds. The normalized spacial score (nSPS) is 35.1. The third-order valence-electron chi connectivity index (χ3n) is 4.34. The van der Waals surface area contributed by atoms with Gasteiger partial charge in [-0.2, -0.15) is 0 Å². The second kappa shape index (κ2) is 5.03. The first-order valence-corrected chi connectivity index (χ1v) is 6.97. The highest BCUT2D eigenvalue weighted by atomic mass is 16.5. The molecule has 3 rings (SSSR count). The zero-order chi connectivity index (χ0) is 10.8. The first-order chi connectivity index (χ1) is 7.93. The number of nitrogens with one attached hydrogen (secondary N) is 1. The van der Waals surface area contributed by atoms with Crippen molar-refractivity contribution in [3.05, 3.63) is 0 Å². The zero-order valence-corrected chi connectivity index (χ0v) is 10.2. The summed E-state index contributed by atoms with van der Waals surface area (Å²) < 4.78 is 5.46. The van der Waals surface area contributed by atoms with Crippen LogP contribution in [-0.2, 0) is 4.74 Å². The Hall–Kier alpha value is -0.120. The molecule has 0 bridgehead atoms. The van der Waals surface area contributed by atoms with Gasteiger partial charge < -0.3 is 10.1 Å². The van der Waals surface area contributed by atoms with Gasteiger partial charge in [-0.25, -0.2) is 0 Å². The van der Waals surface area contributed by atoms with Crippen LogP contribution in [0.1, 0.15) is 32.1 Å². The molecule has 3 aliphatic rings. The highest BCUT2D eigenvalue weighted by molar-refractivity contribution is 4.92. The molecule has 1 N–H and O–H groups in total. The summed E-state index contributed by atoms with van der Waals surface area (Å²) in [6, 6.07) is 1.75. The standard InChI is InChI=1S/C13H24N2O/c1-2-12(1)15(13-3-6-14-9-13)7-4-11-5-8-16-10-11/h11-14H,1-10H2. The van der Waals surface area contributed by atoms with Crippen molar-refractivity contribution in [2.75, 3.05) is 32.8 Å². The van der Waals surface area contributed by atoms with E-state index in [1.165, 1.54) is 51.7 Å². The van der Waals surface area contributed by atoms with Crippen molar-refractivity contribution in [1.82, 2.24) is 10.2 Å². The second-order valence-corrected chi connectivity index (χ2v) is 5.63. The SMILES string of the molecule is C1CC(N(CCC2CCOC2)C2CC2)CN1. The van der Waals surface area contributed by atoms with Crippen LogP contribution in [0, 0.1) is 5.92 Å². The van der Waals surface area contributed by atoms with Gasteiger partial charge in [0.1, 0.15) is 0 Å². The number of ether oxygens (including phenoxy) is 1. The summed E-state index contributed by atoms with van der Waals surface area (Å²) in [5, 5.41) is 3.50. The minimum Gasteiger partial charge on any atom is -0.381 e. The van der Waals surface area contributed by atoms with Gasteiger partial charge >= 0.3 is 0 Å². The largest absolute Gasteiger partial charge is 0.381 e. The Morgan fingerprint density at radius 3 is 2.69 bits per heavy atom. The van der Waals surface area contributed by atoms with E-state index in [0.717, 1.165) is 31.2 Å². The van der Waals surface area contributed by atoms with E-state index in [2.05, 4.69) is 10.2 Å². The monoisotopic (exact) mass is 224 g/mol. The quantitative estimate of drug-likeness (QED) is 0.760. The summed E-state index contributed by atoms with van der Waals surface area (Å²) in [5.74, 6) is 0.843. The average molecular weight is 224 g/mol. The lowest BCUT2D eigenvalue weighted by Crippen LogP contribution is -2.39. The van der Waals surface area contributed by atoms with E-state index in [9.17, 15) is 0 Å². The molecule has 2 saturated heterocycles. The molecule has 1 aliphatic carbocycles. The number of hydrogen-bond donors (Lipinski definition) is 1. The van der Waals surface area contributed by atoms with Crippen molar-refractivity contribution in [3.63, 3.8) is 0 Å². The third kappa shape index (κ3) is 2.58. The summed E-state index contributed by atoms with van der Waals surface area (Å²) in [6.45, 7) is 5.77. The van der Waals surface area contributed by atoms with Crippen LogP contribution >= 0.6 is 0 Å². The molecular weight excluding hydrogens is 200 g/mol. The molecule has 0 aromatic heterocycles. The number of nitrogens with zero attached hydrogens (tertiary/aromatic N) is 1. The Bertz CT molecular complexity index is 218. The van der Waals surface area contributed by atoms with Gasteiger partial charge in [0.2, 0.25) is 0 Å². The Kier molecular flexibility index (Phi) is 3.46. The van der Waals surface area contributed by atoms with Gasteiger partial charge in [0.05, 0.1) is 0 Å². The molecule has 3 fully saturated rings. The topological polar surface area (TPSA) is 24.5 Å². The molecule has 2 atom stereocenters. The molecule has 1 saturated carbocycles. The summed E-state index contributed by atoms with van der Waals surface area (Å²) in [6.07, 6.45) is 6.89. The van der Waals surface area contributed by atoms with E-state index >= 15 is 0 Å². The van der Waals surface area contributed by atoms with Gasteiger partial charge in [0, 0.05) is 31.8 Å². The second-order valence-electron chi connectivity index (χ2n) is 5.63. The van der Waals surface area contributed by atoms with Crippen molar-refractivity contribution in [3.8, 4) is 0 Å². The van der Waals surface area contributed by atoms with Crippen molar-refractivity contribution < 1.29 is 4.74 Å². The van der Waals surface area contributed by atoms with Crippen LogP contribution in [0.25, 0.3) is 0 Å². The van der Waals surface area contributed by atoms with Crippen LogP contribution in [0.3, 0.4) is 0 Å². The Morgan fingerprint density at radius 2 is 2.06 bits per heavy atom. The molecule has 0 spiro atoms. The van der Waals surface area contributed by atoms with Gasteiger partial charge in [0.25, 0.3) is 0 Å². The molecule has 2 heterocycles. The predicted molar refractivity (Wildman–Crippen MR) is 64.5 cm³/mol. The predicted octanol–water partition coefficient (Wildman–Crippen LogP) is 1.24. The molecule has 0 aromatic carbocycles. The number of rotatable bonds is 5. The Labute approximate surface area is 98.5 Å². The van der Waals surface area contributed by atoms with Gasteiger partial charge in [-0.05, 0) is 51.1 Å². The van der Waals surface area contributed by atoms with E-state index in [1.54, 1.807) is 0 Å². The zero-order valence-electron chi connectivity index (χ0n) is 10.2. The van der Waals surface area contributed by atoms with Crippen LogP contribution in [-0.4, -0.2) is 49.8 Å². The lowest BCUT2D eigenvalue weighted by Gasteiger charge is -2.29. The molecular formula is C13H24N2O. The Morgan fingerprint density at radius 1 is 1.12 bits per heavy atom. The smallest absolute Gasteiger partial charge is 0.0495 e. The van der Waals surface area contributed by atoms with Crippen LogP contribution in [0.5, 0.6) is 0 Å². The fraction of sp³-hybridized carbons (Fsp3) is 1.00. The van der Waals surface area contributed by atoms with Crippen LogP contribution in [0.4, 0.5) is 0 Å². The van der Waals surface area contributed by atoms with Crippen LogP contribution in [0.15, 0.2) is 0 Å².